The molecule has 2 heterocycles. The molecule has 2 aromatic carbocycles. The first-order valence-corrected chi connectivity index (χ1v) is 9.83. The Morgan fingerprint density at radius 1 is 1.12 bits per heavy atom. The summed E-state index contributed by atoms with van der Waals surface area (Å²) in [5, 5.41) is 18.9. The molecular formula is C22H21F2N3O6. The molecule has 9 nitrogen and oxygen atoms in total. The molecule has 1 aliphatic heterocycles. The summed E-state index contributed by atoms with van der Waals surface area (Å²) < 4.78 is 37.0. The number of benzene rings is 2. The van der Waals surface area contributed by atoms with Crippen molar-refractivity contribution in [3.8, 4) is 5.75 Å². The average molecular weight is 461 g/mol. The van der Waals surface area contributed by atoms with E-state index in [-0.39, 0.29) is 5.92 Å². The van der Waals surface area contributed by atoms with Crippen LogP contribution in [0.3, 0.4) is 0 Å². The van der Waals surface area contributed by atoms with Crippen molar-refractivity contribution in [3.63, 3.8) is 0 Å². The number of rotatable bonds is 6. The second-order valence-electron chi connectivity index (χ2n) is 7.29. The zero-order valence-corrected chi connectivity index (χ0v) is 17.6. The highest BCUT2D eigenvalue weighted by molar-refractivity contribution is 6.27. The van der Waals surface area contributed by atoms with E-state index >= 15 is 0 Å². The predicted octanol–water partition coefficient (Wildman–Crippen LogP) is 2.70. The van der Waals surface area contributed by atoms with Gasteiger partial charge in [-0.3, -0.25) is 4.90 Å². The molecule has 0 atom stereocenters. The molecule has 1 aliphatic rings. The summed E-state index contributed by atoms with van der Waals surface area (Å²) in [6, 6.07) is 11.7. The predicted molar refractivity (Wildman–Crippen MR) is 110 cm³/mol. The van der Waals surface area contributed by atoms with Crippen LogP contribution in [-0.2, 0) is 22.6 Å². The Balaban J connectivity index is 0.000000454. The highest BCUT2D eigenvalue weighted by Crippen LogP contribution is 2.28. The number of likely N-dealkylation sites (tertiary alicyclic amines) is 1. The summed E-state index contributed by atoms with van der Waals surface area (Å²) >= 11 is 0. The van der Waals surface area contributed by atoms with E-state index in [1.165, 1.54) is 6.07 Å². The van der Waals surface area contributed by atoms with Crippen molar-refractivity contribution in [1.82, 2.24) is 15.0 Å². The molecule has 0 radical (unpaired) electrons. The number of carboxylic acids is 2. The number of aliphatic carboxylic acids is 2. The number of hydrogen-bond donors (Lipinski definition) is 2. The van der Waals surface area contributed by atoms with Gasteiger partial charge in [0.25, 0.3) is 0 Å². The minimum absolute atomic E-state index is 0.161. The van der Waals surface area contributed by atoms with Crippen LogP contribution in [0, 0.1) is 11.6 Å². The van der Waals surface area contributed by atoms with Crippen LogP contribution in [0.15, 0.2) is 47.0 Å². The van der Waals surface area contributed by atoms with Crippen LogP contribution in [0.4, 0.5) is 8.78 Å². The summed E-state index contributed by atoms with van der Waals surface area (Å²) in [4.78, 5) is 24.8. The van der Waals surface area contributed by atoms with E-state index in [0.29, 0.717) is 24.7 Å². The molecule has 0 bridgehead atoms. The number of hydrogen-bond acceptors (Lipinski definition) is 7. The zero-order valence-electron chi connectivity index (χ0n) is 17.6. The van der Waals surface area contributed by atoms with Gasteiger partial charge in [0.2, 0.25) is 5.89 Å². The molecule has 1 fully saturated rings. The maximum atomic E-state index is 13.3. The number of halogens is 2. The number of methoxy groups -OCH3 is 1. The van der Waals surface area contributed by atoms with E-state index in [0.717, 1.165) is 36.0 Å². The molecule has 0 saturated carbocycles. The lowest BCUT2D eigenvalue weighted by atomic mass is 9.99. The molecule has 174 valence electrons. The van der Waals surface area contributed by atoms with Gasteiger partial charge in [-0.15, -0.1) is 0 Å². The third kappa shape index (κ3) is 6.32. The molecule has 0 amide bonds. The van der Waals surface area contributed by atoms with Crippen LogP contribution in [0.25, 0.3) is 0 Å². The van der Waals surface area contributed by atoms with Crippen LogP contribution in [0.1, 0.15) is 28.8 Å². The molecule has 0 unspecified atom stereocenters. The van der Waals surface area contributed by atoms with Crippen molar-refractivity contribution in [2.24, 2.45) is 0 Å². The van der Waals surface area contributed by atoms with Gasteiger partial charge in [0.05, 0.1) is 13.0 Å². The van der Waals surface area contributed by atoms with Gasteiger partial charge in [-0.2, -0.15) is 4.98 Å². The number of carboxylic acid groups (broad SMARTS) is 2. The fourth-order valence-corrected chi connectivity index (χ4v) is 3.28. The normalized spacial score (nSPS) is 13.5. The smallest absolute Gasteiger partial charge is 0.414 e. The minimum atomic E-state index is -1.82. The maximum Gasteiger partial charge on any atom is 0.414 e. The number of aromatic nitrogens is 2. The Bertz CT molecular complexity index is 1120. The summed E-state index contributed by atoms with van der Waals surface area (Å²) in [6.07, 6.45) is 0.540. The first-order chi connectivity index (χ1) is 15.8. The highest BCUT2D eigenvalue weighted by atomic mass is 19.2. The standard InChI is InChI=1S/C20H19F2N3O2.C2H2O4/c1-26-18-5-3-2-4-14(18)9-19-23-20(27-24-19)15-11-25(12-15)10-13-6-7-16(21)17(22)8-13;3-1(4)2(5)6/h2-8,15H,9-12H2,1H3;(H,3,4)(H,5,6). The van der Waals surface area contributed by atoms with Gasteiger partial charge in [0, 0.05) is 31.6 Å². The molecule has 2 N–H and O–H groups in total. The lowest BCUT2D eigenvalue weighted by molar-refractivity contribution is -0.159. The maximum absolute atomic E-state index is 13.3. The Labute approximate surface area is 187 Å². The first-order valence-electron chi connectivity index (χ1n) is 9.83. The third-order valence-electron chi connectivity index (χ3n) is 4.90. The number of ether oxygens (including phenoxy) is 1. The van der Waals surface area contributed by atoms with Crippen molar-refractivity contribution in [2.75, 3.05) is 20.2 Å². The molecule has 33 heavy (non-hydrogen) atoms. The lowest BCUT2D eigenvalue weighted by Gasteiger charge is -2.37. The number of nitrogens with zero attached hydrogens (tertiary/aromatic N) is 3. The Hall–Kier alpha value is -3.86. The van der Waals surface area contributed by atoms with E-state index in [9.17, 15) is 8.78 Å². The molecule has 0 spiro atoms. The number of para-hydroxylation sites is 1. The third-order valence-corrected chi connectivity index (χ3v) is 4.90. The molecule has 1 saturated heterocycles. The first kappa shape index (κ1) is 23.8. The van der Waals surface area contributed by atoms with Gasteiger partial charge < -0.3 is 19.5 Å². The minimum Gasteiger partial charge on any atom is -0.496 e. The van der Waals surface area contributed by atoms with E-state index < -0.39 is 23.6 Å². The molecule has 3 aromatic rings. The molecular weight excluding hydrogens is 440 g/mol. The summed E-state index contributed by atoms with van der Waals surface area (Å²) in [6.45, 7) is 2.06. The fourth-order valence-electron chi connectivity index (χ4n) is 3.28. The average Bonchev–Trinajstić information content (AvgIpc) is 3.21. The van der Waals surface area contributed by atoms with Crippen molar-refractivity contribution in [1.29, 1.82) is 0 Å². The van der Waals surface area contributed by atoms with Crippen molar-refractivity contribution < 1.29 is 37.8 Å². The largest absolute Gasteiger partial charge is 0.496 e. The van der Waals surface area contributed by atoms with E-state index in [1.807, 2.05) is 24.3 Å². The van der Waals surface area contributed by atoms with Crippen LogP contribution in [0.5, 0.6) is 5.75 Å². The van der Waals surface area contributed by atoms with E-state index in [1.54, 1.807) is 13.2 Å². The van der Waals surface area contributed by atoms with Gasteiger partial charge >= 0.3 is 11.9 Å². The molecule has 11 heteroatoms. The monoisotopic (exact) mass is 461 g/mol. The molecule has 4 rings (SSSR count). The molecule has 0 aliphatic carbocycles. The van der Waals surface area contributed by atoms with Crippen molar-refractivity contribution in [2.45, 2.75) is 18.9 Å². The molecule has 1 aromatic heterocycles. The van der Waals surface area contributed by atoms with E-state index in [2.05, 4.69) is 15.0 Å². The SMILES string of the molecule is COc1ccccc1Cc1noc(C2CN(Cc3ccc(F)c(F)c3)C2)n1.O=C(O)C(=O)O. The Morgan fingerprint density at radius 2 is 1.82 bits per heavy atom. The second-order valence-corrected chi connectivity index (χ2v) is 7.29. The van der Waals surface area contributed by atoms with Gasteiger partial charge in [0.1, 0.15) is 5.75 Å². The van der Waals surface area contributed by atoms with Gasteiger partial charge in [-0.1, -0.05) is 29.4 Å². The highest BCUT2D eigenvalue weighted by Gasteiger charge is 2.32. The van der Waals surface area contributed by atoms with Gasteiger partial charge in [0.15, 0.2) is 17.5 Å². The van der Waals surface area contributed by atoms with Crippen molar-refractivity contribution >= 4 is 11.9 Å². The van der Waals surface area contributed by atoms with Crippen LogP contribution >= 0.6 is 0 Å². The van der Waals surface area contributed by atoms with Crippen molar-refractivity contribution in [3.05, 3.63) is 76.9 Å². The number of carbonyl (C=O) groups is 2. The van der Waals surface area contributed by atoms with Gasteiger partial charge in [-0.25, -0.2) is 18.4 Å². The van der Waals surface area contributed by atoms with Crippen LogP contribution in [0.2, 0.25) is 0 Å². The van der Waals surface area contributed by atoms with Gasteiger partial charge in [-0.05, 0) is 23.8 Å². The quantitative estimate of drug-likeness (QED) is 0.533. The fraction of sp³-hybridized carbons (Fsp3) is 0.273. The summed E-state index contributed by atoms with van der Waals surface area (Å²) in [7, 11) is 1.64. The Morgan fingerprint density at radius 3 is 2.45 bits per heavy atom. The van der Waals surface area contributed by atoms with Crippen LogP contribution < -0.4 is 4.74 Å². The zero-order chi connectivity index (χ0) is 24.0. The Kier molecular flexibility index (Phi) is 7.67. The summed E-state index contributed by atoms with van der Waals surface area (Å²) in [5.41, 5.74) is 1.75. The summed E-state index contributed by atoms with van der Waals surface area (Å²) in [5.74, 6) is -3.10. The lowest BCUT2D eigenvalue weighted by Crippen LogP contribution is -2.44. The topological polar surface area (TPSA) is 126 Å². The van der Waals surface area contributed by atoms with E-state index in [4.69, 9.17) is 29.1 Å². The van der Waals surface area contributed by atoms with Crippen LogP contribution in [-0.4, -0.2) is 57.4 Å². The second kappa shape index (κ2) is 10.6.